The molecule has 32 heavy (non-hydrogen) atoms. The summed E-state index contributed by atoms with van der Waals surface area (Å²) in [6, 6.07) is 13.7. The number of carboxylic acid groups (broad SMARTS) is 1. The van der Waals surface area contributed by atoms with Crippen LogP contribution in [0, 0.1) is 11.3 Å². The van der Waals surface area contributed by atoms with E-state index < -0.39 is 23.1 Å². The van der Waals surface area contributed by atoms with E-state index in [2.05, 4.69) is 15.3 Å². The van der Waals surface area contributed by atoms with E-state index in [1.165, 1.54) is 23.1 Å². The molecule has 0 aliphatic heterocycles. The fourth-order valence-corrected chi connectivity index (χ4v) is 3.19. The van der Waals surface area contributed by atoms with E-state index in [9.17, 15) is 19.5 Å². The first-order valence-electron chi connectivity index (χ1n) is 9.89. The summed E-state index contributed by atoms with van der Waals surface area (Å²) in [5.74, 6) is -0.686. The average Bonchev–Trinajstić information content (AvgIpc) is 2.74. The molecule has 0 bridgehead atoms. The van der Waals surface area contributed by atoms with Crippen molar-refractivity contribution < 1.29 is 14.7 Å². The van der Waals surface area contributed by atoms with Gasteiger partial charge in [0.25, 0.3) is 11.5 Å². The molecule has 9 heteroatoms. The van der Waals surface area contributed by atoms with Crippen molar-refractivity contribution in [2.45, 2.75) is 39.4 Å². The Labute approximate surface area is 184 Å². The fraction of sp³-hybridized carbons (Fsp3) is 0.261. The number of hydrogen-bond donors (Lipinski definition) is 3. The zero-order valence-corrected chi connectivity index (χ0v) is 18.0. The van der Waals surface area contributed by atoms with E-state index >= 15 is 0 Å². The van der Waals surface area contributed by atoms with Crippen LogP contribution in [0.1, 0.15) is 48.1 Å². The van der Waals surface area contributed by atoms with Crippen LogP contribution >= 0.6 is 0 Å². The molecule has 0 saturated carbocycles. The van der Waals surface area contributed by atoms with E-state index in [1.54, 1.807) is 6.07 Å². The number of nitrogens with zero attached hydrogens (tertiary/aromatic N) is 3. The summed E-state index contributed by atoms with van der Waals surface area (Å²) in [5, 5.41) is 21.4. The van der Waals surface area contributed by atoms with Gasteiger partial charge in [-0.3, -0.25) is 14.5 Å². The molecule has 3 rings (SSSR count). The predicted molar refractivity (Wildman–Crippen MR) is 118 cm³/mol. The van der Waals surface area contributed by atoms with Crippen molar-refractivity contribution in [1.29, 1.82) is 5.26 Å². The molecule has 3 aromatic rings. The van der Waals surface area contributed by atoms with Crippen LogP contribution in [0.4, 0.5) is 4.79 Å². The number of aromatic amines is 1. The number of carbonyl (C=O) groups is 2. The van der Waals surface area contributed by atoms with Gasteiger partial charge in [-0.15, -0.1) is 0 Å². The third kappa shape index (κ3) is 5.10. The van der Waals surface area contributed by atoms with Crippen LogP contribution in [-0.4, -0.2) is 37.5 Å². The summed E-state index contributed by atoms with van der Waals surface area (Å²) in [6.07, 6.45) is -1.01. The zero-order valence-electron chi connectivity index (χ0n) is 18.0. The van der Waals surface area contributed by atoms with Crippen LogP contribution in [0.5, 0.6) is 0 Å². The van der Waals surface area contributed by atoms with E-state index in [0.717, 1.165) is 11.1 Å². The molecule has 164 valence electrons. The van der Waals surface area contributed by atoms with Gasteiger partial charge in [0.15, 0.2) is 5.82 Å². The summed E-state index contributed by atoms with van der Waals surface area (Å²) in [4.78, 5) is 44.4. The molecule has 0 aliphatic rings. The molecule has 2 amide bonds. The van der Waals surface area contributed by atoms with E-state index in [1.807, 2.05) is 45.0 Å². The Morgan fingerprint density at radius 2 is 1.91 bits per heavy atom. The molecule has 2 aromatic carbocycles. The Hall–Kier alpha value is -4.19. The SMILES string of the molecule is CC(C)(C)N(Cc1cccc(CNC(=O)c2nc3ccc(C#N)cc3c(=O)[nH]2)c1)C(=O)O. The lowest BCUT2D eigenvalue weighted by Crippen LogP contribution is -2.44. The topological polar surface area (TPSA) is 139 Å². The monoisotopic (exact) mass is 433 g/mol. The Morgan fingerprint density at radius 3 is 2.56 bits per heavy atom. The summed E-state index contributed by atoms with van der Waals surface area (Å²) < 4.78 is 0. The van der Waals surface area contributed by atoms with Crippen molar-refractivity contribution in [3.8, 4) is 6.07 Å². The zero-order chi connectivity index (χ0) is 23.5. The highest BCUT2D eigenvalue weighted by Gasteiger charge is 2.26. The summed E-state index contributed by atoms with van der Waals surface area (Å²) in [7, 11) is 0. The highest BCUT2D eigenvalue weighted by atomic mass is 16.4. The third-order valence-electron chi connectivity index (χ3n) is 4.88. The molecule has 0 saturated heterocycles. The third-order valence-corrected chi connectivity index (χ3v) is 4.88. The summed E-state index contributed by atoms with van der Waals surface area (Å²) in [5.41, 5.74) is 1.15. The second kappa shape index (κ2) is 8.89. The minimum atomic E-state index is -1.01. The van der Waals surface area contributed by atoms with Gasteiger partial charge in [-0.1, -0.05) is 24.3 Å². The molecule has 0 radical (unpaired) electrons. The summed E-state index contributed by atoms with van der Waals surface area (Å²) in [6.45, 7) is 5.85. The average molecular weight is 433 g/mol. The summed E-state index contributed by atoms with van der Waals surface area (Å²) >= 11 is 0. The quantitative estimate of drug-likeness (QED) is 0.565. The number of nitriles is 1. The van der Waals surface area contributed by atoms with Crippen molar-refractivity contribution >= 4 is 22.9 Å². The van der Waals surface area contributed by atoms with Crippen molar-refractivity contribution in [2.24, 2.45) is 0 Å². The first-order valence-corrected chi connectivity index (χ1v) is 9.89. The predicted octanol–water partition coefficient (Wildman–Crippen LogP) is 3.00. The number of carbonyl (C=O) groups excluding carboxylic acids is 1. The van der Waals surface area contributed by atoms with Gasteiger partial charge in [-0.25, -0.2) is 9.78 Å². The first kappa shape index (κ1) is 22.5. The van der Waals surface area contributed by atoms with Crippen LogP contribution < -0.4 is 10.9 Å². The van der Waals surface area contributed by atoms with Crippen molar-refractivity contribution in [1.82, 2.24) is 20.2 Å². The molecule has 0 spiro atoms. The lowest BCUT2D eigenvalue weighted by atomic mass is 10.0. The minimum Gasteiger partial charge on any atom is -0.465 e. The molecular weight excluding hydrogens is 410 g/mol. The molecule has 1 aromatic heterocycles. The van der Waals surface area contributed by atoms with Crippen LogP contribution in [0.2, 0.25) is 0 Å². The highest BCUT2D eigenvalue weighted by Crippen LogP contribution is 2.18. The van der Waals surface area contributed by atoms with E-state index in [-0.39, 0.29) is 24.3 Å². The Kier molecular flexibility index (Phi) is 6.25. The Morgan fingerprint density at radius 1 is 1.19 bits per heavy atom. The highest BCUT2D eigenvalue weighted by molar-refractivity contribution is 5.92. The lowest BCUT2D eigenvalue weighted by molar-refractivity contribution is 0.0938. The Balaban J connectivity index is 1.74. The second-order valence-electron chi connectivity index (χ2n) is 8.30. The van der Waals surface area contributed by atoms with Gasteiger partial charge in [0, 0.05) is 18.6 Å². The first-order chi connectivity index (χ1) is 15.1. The van der Waals surface area contributed by atoms with Crippen molar-refractivity contribution in [2.75, 3.05) is 0 Å². The number of benzene rings is 2. The number of aromatic nitrogens is 2. The normalized spacial score (nSPS) is 11.1. The number of amides is 2. The number of rotatable bonds is 5. The smallest absolute Gasteiger partial charge is 0.408 e. The standard InChI is InChI=1S/C23H23N5O4/c1-23(2,3)28(22(31)32)13-16-6-4-5-15(9-16)12-25-21(30)19-26-18-8-7-14(11-24)10-17(18)20(29)27-19/h4-10H,12-13H2,1-3H3,(H,25,30)(H,31,32)(H,26,27,29). The number of H-pyrrole nitrogens is 1. The molecule has 0 atom stereocenters. The van der Waals surface area contributed by atoms with E-state index in [4.69, 9.17) is 5.26 Å². The van der Waals surface area contributed by atoms with Gasteiger partial charge in [0.05, 0.1) is 22.5 Å². The maximum Gasteiger partial charge on any atom is 0.408 e. The molecule has 1 heterocycles. The largest absolute Gasteiger partial charge is 0.465 e. The second-order valence-corrected chi connectivity index (χ2v) is 8.30. The van der Waals surface area contributed by atoms with Crippen molar-refractivity contribution in [3.05, 3.63) is 75.3 Å². The van der Waals surface area contributed by atoms with Gasteiger partial charge in [0.1, 0.15) is 0 Å². The van der Waals surface area contributed by atoms with E-state index in [0.29, 0.717) is 11.1 Å². The number of hydrogen-bond acceptors (Lipinski definition) is 5. The van der Waals surface area contributed by atoms with Gasteiger partial charge < -0.3 is 15.4 Å². The molecule has 0 unspecified atom stereocenters. The molecule has 0 aliphatic carbocycles. The molecular formula is C23H23N5O4. The fourth-order valence-electron chi connectivity index (χ4n) is 3.19. The van der Waals surface area contributed by atoms with Crippen molar-refractivity contribution in [3.63, 3.8) is 0 Å². The van der Waals surface area contributed by atoms with Gasteiger partial charge in [0.2, 0.25) is 0 Å². The Bertz CT molecular complexity index is 1280. The van der Waals surface area contributed by atoms with Crippen LogP contribution in [0.25, 0.3) is 10.9 Å². The van der Waals surface area contributed by atoms with Gasteiger partial charge in [-0.05, 0) is 50.1 Å². The number of fused-ring (bicyclic) bond motifs is 1. The van der Waals surface area contributed by atoms with Crippen LogP contribution in [0.3, 0.4) is 0 Å². The lowest BCUT2D eigenvalue weighted by Gasteiger charge is -2.33. The van der Waals surface area contributed by atoms with Crippen LogP contribution in [0.15, 0.2) is 47.3 Å². The maximum absolute atomic E-state index is 12.5. The van der Waals surface area contributed by atoms with Gasteiger partial charge in [-0.2, -0.15) is 5.26 Å². The van der Waals surface area contributed by atoms with Gasteiger partial charge >= 0.3 is 6.09 Å². The molecule has 3 N–H and O–H groups in total. The maximum atomic E-state index is 12.5. The molecule has 0 fully saturated rings. The minimum absolute atomic E-state index is 0.131. The van der Waals surface area contributed by atoms with Crippen LogP contribution in [-0.2, 0) is 13.1 Å². The number of nitrogens with one attached hydrogen (secondary N) is 2. The molecule has 9 nitrogen and oxygen atoms in total.